The number of nitrogens with zero attached hydrogens (tertiary/aromatic N) is 3. The van der Waals surface area contributed by atoms with E-state index >= 15 is 0 Å². The summed E-state index contributed by atoms with van der Waals surface area (Å²) in [7, 11) is 4.49. The molecule has 0 aliphatic heterocycles. The van der Waals surface area contributed by atoms with Gasteiger partial charge in [-0.2, -0.15) is 0 Å². The van der Waals surface area contributed by atoms with E-state index in [2.05, 4.69) is 106 Å². The van der Waals surface area contributed by atoms with Crippen molar-refractivity contribution < 1.29 is 0 Å². The number of fused-ring (bicyclic) bond motifs is 5. The number of benzene rings is 2. The van der Waals surface area contributed by atoms with Gasteiger partial charge in [0.1, 0.15) is 20.3 Å². The Hall–Kier alpha value is -2.29. The highest BCUT2D eigenvalue weighted by molar-refractivity contribution is 6.37. The molecule has 0 saturated heterocycles. The zero-order valence-corrected chi connectivity index (χ0v) is 15.9. The van der Waals surface area contributed by atoms with E-state index in [4.69, 9.17) is 0 Å². The van der Waals surface area contributed by atoms with Crippen LogP contribution >= 0.6 is 0 Å². The Bertz CT molecular complexity index is 946. The molecule has 26 heavy (non-hydrogen) atoms. The Kier molecular flexibility index (Phi) is 4.26. The van der Waals surface area contributed by atoms with E-state index in [1.54, 1.807) is 0 Å². The third-order valence-corrected chi connectivity index (χ3v) is 5.65. The van der Waals surface area contributed by atoms with Gasteiger partial charge in [-0.15, -0.1) is 5.10 Å². The second kappa shape index (κ2) is 6.46. The van der Waals surface area contributed by atoms with Gasteiger partial charge in [0.2, 0.25) is 0 Å². The molecule has 0 spiro atoms. The van der Waals surface area contributed by atoms with E-state index in [-0.39, 0.29) is 5.44 Å². The van der Waals surface area contributed by atoms with E-state index in [1.165, 1.54) is 22.3 Å². The first kappa shape index (κ1) is 17.1. The van der Waals surface area contributed by atoms with E-state index in [0.29, 0.717) is 5.82 Å². The Morgan fingerprint density at radius 2 is 1.69 bits per heavy atom. The lowest BCUT2D eigenvalue weighted by Crippen LogP contribution is -2.33. The summed E-state index contributed by atoms with van der Waals surface area (Å²) in [5.74, 6) is 0.373. The summed E-state index contributed by atoms with van der Waals surface area (Å²) in [6.45, 7) is 8.60. The highest BCUT2D eigenvalue weighted by Crippen LogP contribution is 2.42. The average Bonchev–Trinajstić information content (AvgIpc) is 3.10. The van der Waals surface area contributed by atoms with Crippen LogP contribution in [0.1, 0.15) is 30.8 Å². The first-order valence-corrected chi connectivity index (χ1v) is 9.30. The average molecular weight is 339 g/mol. The maximum absolute atomic E-state index is 4.65. The molecule has 0 amide bonds. The highest BCUT2D eigenvalue weighted by Gasteiger charge is 2.31. The second-order valence-electron chi connectivity index (χ2n) is 7.53. The van der Waals surface area contributed by atoms with Crippen LogP contribution in [-0.4, -0.2) is 29.6 Å². The third-order valence-electron chi connectivity index (χ3n) is 5.65. The minimum absolute atomic E-state index is 0.215. The minimum Gasteiger partial charge on any atom is -0.247 e. The molecule has 1 aliphatic carbocycles. The Morgan fingerprint density at radius 3 is 2.42 bits per heavy atom. The number of hydrogen-bond acceptors (Lipinski definition) is 2. The monoisotopic (exact) mass is 339 g/mol. The molecule has 0 N–H and O–H groups in total. The van der Waals surface area contributed by atoms with Crippen LogP contribution in [0.3, 0.4) is 0 Å². The summed E-state index contributed by atoms with van der Waals surface area (Å²) < 4.78 is 2.08. The van der Waals surface area contributed by atoms with Gasteiger partial charge < -0.3 is 0 Å². The van der Waals surface area contributed by atoms with Crippen LogP contribution in [0.25, 0.3) is 22.5 Å². The molecule has 0 bridgehead atoms. The molecule has 2 aromatic carbocycles. The van der Waals surface area contributed by atoms with E-state index in [9.17, 15) is 0 Å². The molecule has 0 fully saturated rings. The predicted octanol–water partition coefficient (Wildman–Crippen LogP) is 4.41. The Labute approximate surface area is 157 Å². The molecule has 0 saturated carbocycles. The van der Waals surface area contributed by atoms with Gasteiger partial charge in [0, 0.05) is 16.6 Å². The van der Waals surface area contributed by atoms with Gasteiger partial charge in [-0.05, 0) is 37.2 Å². The Morgan fingerprint density at radius 1 is 1.00 bits per heavy atom. The topological polar surface area (TPSA) is 30.7 Å². The highest BCUT2D eigenvalue weighted by atomic mass is 15.5. The van der Waals surface area contributed by atoms with Crippen LogP contribution < -0.4 is 0 Å². The van der Waals surface area contributed by atoms with Crippen LogP contribution in [0.15, 0.2) is 48.5 Å². The molecule has 1 unspecified atom stereocenters. The van der Waals surface area contributed by atoms with Gasteiger partial charge in [-0.1, -0.05) is 67.4 Å². The Balaban J connectivity index is 2.10. The first-order valence-electron chi connectivity index (χ1n) is 9.30. The summed E-state index contributed by atoms with van der Waals surface area (Å²) in [4.78, 5) is 0. The molecule has 3 nitrogen and oxygen atoms in total. The fourth-order valence-electron chi connectivity index (χ4n) is 3.84. The maximum Gasteiger partial charge on any atom is 0.143 e. The second-order valence-corrected chi connectivity index (χ2v) is 7.53. The maximum atomic E-state index is 4.65. The van der Waals surface area contributed by atoms with E-state index in [1.807, 2.05) is 0 Å². The third kappa shape index (κ3) is 2.61. The predicted molar refractivity (Wildman–Crippen MR) is 110 cm³/mol. The summed E-state index contributed by atoms with van der Waals surface area (Å²) in [5, 5.41) is 9.24. The quantitative estimate of drug-likeness (QED) is 0.662. The van der Waals surface area contributed by atoms with Gasteiger partial charge in [0.25, 0.3) is 0 Å². The van der Waals surface area contributed by atoms with Crippen molar-refractivity contribution in [3.05, 3.63) is 59.7 Å². The molecule has 1 aliphatic rings. The fourth-order valence-corrected chi connectivity index (χ4v) is 3.84. The van der Waals surface area contributed by atoms with Crippen LogP contribution in [0.4, 0.5) is 0 Å². The van der Waals surface area contributed by atoms with Crippen LogP contribution in [0.2, 0.25) is 13.6 Å². The SMILES string of the molecule is C[B]C1Cc2ccccc2-c2nnn(C(C)(C)[B]C)c2-c2ccccc21. The zero-order valence-electron chi connectivity index (χ0n) is 15.9. The van der Waals surface area contributed by atoms with Gasteiger partial charge in [-0.3, -0.25) is 0 Å². The lowest BCUT2D eigenvalue weighted by molar-refractivity contribution is 0.449. The van der Waals surface area contributed by atoms with Crippen molar-refractivity contribution in [3.63, 3.8) is 0 Å². The summed E-state index contributed by atoms with van der Waals surface area (Å²) in [6, 6.07) is 17.3. The molecule has 1 heterocycles. The molecule has 128 valence electrons. The fraction of sp³-hybridized carbons (Fsp3) is 0.333. The van der Waals surface area contributed by atoms with Crippen molar-refractivity contribution in [2.75, 3.05) is 0 Å². The molecule has 3 aromatic rings. The molecular formula is C21H23B2N3. The number of hydrogen-bond donors (Lipinski definition) is 0. The molecule has 5 heteroatoms. The molecular weight excluding hydrogens is 316 g/mol. The van der Waals surface area contributed by atoms with E-state index in [0.717, 1.165) is 17.8 Å². The summed E-state index contributed by atoms with van der Waals surface area (Å²) >= 11 is 0. The lowest BCUT2D eigenvalue weighted by atomic mass is 9.59. The lowest BCUT2D eigenvalue weighted by Gasteiger charge is -2.28. The van der Waals surface area contributed by atoms with Crippen molar-refractivity contribution in [2.45, 2.75) is 45.2 Å². The summed E-state index contributed by atoms with van der Waals surface area (Å²) in [5.41, 5.74) is 6.99. The van der Waals surface area contributed by atoms with Crippen LogP contribution in [-0.2, 0) is 11.9 Å². The van der Waals surface area contributed by atoms with Crippen LogP contribution in [0.5, 0.6) is 0 Å². The normalized spacial score (nSPS) is 15.9. The van der Waals surface area contributed by atoms with Crippen LogP contribution in [0, 0.1) is 0 Å². The van der Waals surface area contributed by atoms with Crippen molar-refractivity contribution in [3.8, 4) is 22.5 Å². The molecule has 1 atom stereocenters. The first-order chi connectivity index (χ1) is 12.6. The van der Waals surface area contributed by atoms with Gasteiger partial charge in [-0.25, -0.2) is 4.68 Å². The number of aromatic nitrogens is 3. The van der Waals surface area contributed by atoms with Crippen molar-refractivity contribution in [2.24, 2.45) is 0 Å². The number of rotatable bonds is 3. The smallest absolute Gasteiger partial charge is 0.143 e. The molecule has 4 rings (SSSR count). The van der Waals surface area contributed by atoms with Crippen molar-refractivity contribution >= 4 is 14.6 Å². The van der Waals surface area contributed by atoms with Gasteiger partial charge in [0.15, 0.2) is 0 Å². The standard InChI is InChI=1S/C21H23B2N3/c1-21(2,23-4)26-20-17-12-8-7-11-16(17)18(22-3)13-14-9-5-6-10-15(14)19(20)24-25-26/h5-12,18H,13H2,1-4H3. The van der Waals surface area contributed by atoms with Crippen molar-refractivity contribution in [1.82, 2.24) is 15.0 Å². The van der Waals surface area contributed by atoms with Gasteiger partial charge in [0.05, 0.1) is 5.69 Å². The largest absolute Gasteiger partial charge is 0.247 e. The zero-order chi connectivity index (χ0) is 18.3. The minimum atomic E-state index is -0.215. The van der Waals surface area contributed by atoms with E-state index < -0.39 is 0 Å². The molecule has 1 aromatic heterocycles. The van der Waals surface area contributed by atoms with Crippen molar-refractivity contribution in [1.29, 1.82) is 0 Å². The molecule has 2 radical (unpaired) electrons. The summed E-state index contributed by atoms with van der Waals surface area (Å²) in [6.07, 6.45) is 0.985. The van der Waals surface area contributed by atoms with Gasteiger partial charge >= 0.3 is 0 Å².